The maximum atomic E-state index is 13.7. The highest BCUT2D eigenvalue weighted by Crippen LogP contribution is 2.37. The van der Waals surface area contributed by atoms with Crippen LogP contribution >= 0.6 is 11.6 Å². The summed E-state index contributed by atoms with van der Waals surface area (Å²) >= 11 is 5.79. The fourth-order valence-electron chi connectivity index (χ4n) is 1.94. The average Bonchev–Trinajstić information content (AvgIpc) is 2.21. The standard InChI is InChI=1S/C11H11ClFNO3/c12-6-1-2-8(13)7(3-6)11(4-17-5-11)9(14)10(15)16/h1-3,9H,4-5,14H2,(H,15,16). The molecule has 0 bridgehead atoms. The van der Waals surface area contributed by atoms with Crippen LogP contribution in [0.5, 0.6) is 0 Å². The van der Waals surface area contributed by atoms with E-state index in [1.54, 1.807) is 0 Å². The zero-order valence-corrected chi connectivity index (χ0v) is 9.58. The number of carboxylic acid groups (broad SMARTS) is 1. The van der Waals surface area contributed by atoms with Gasteiger partial charge >= 0.3 is 5.97 Å². The molecule has 2 rings (SSSR count). The molecule has 0 aromatic heterocycles. The Bertz CT molecular complexity index is 462. The molecule has 1 aromatic rings. The molecular formula is C11H11ClFNO3. The fourth-order valence-corrected chi connectivity index (χ4v) is 2.11. The Kier molecular flexibility index (Phi) is 3.07. The molecule has 0 saturated carbocycles. The Balaban J connectivity index is 2.48. The zero-order valence-electron chi connectivity index (χ0n) is 8.82. The molecule has 17 heavy (non-hydrogen) atoms. The van der Waals surface area contributed by atoms with Crippen LogP contribution in [0, 0.1) is 5.82 Å². The molecule has 1 heterocycles. The quantitative estimate of drug-likeness (QED) is 0.854. The highest BCUT2D eigenvalue weighted by atomic mass is 35.5. The molecule has 6 heteroatoms. The molecule has 1 unspecified atom stereocenters. The van der Waals surface area contributed by atoms with Gasteiger partial charge in [0.05, 0.1) is 18.6 Å². The molecule has 3 N–H and O–H groups in total. The summed E-state index contributed by atoms with van der Waals surface area (Å²) in [7, 11) is 0. The van der Waals surface area contributed by atoms with Gasteiger partial charge in [0.15, 0.2) is 0 Å². The monoisotopic (exact) mass is 259 g/mol. The summed E-state index contributed by atoms with van der Waals surface area (Å²) in [5.74, 6) is -1.71. The van der Waals surface area contributed by atoms with Crippen molar-refractivity contribution in [2.75, 3.05) is 13.2 Å². The Morgan fingerprint density at radius 2 is 2.24 bits per heavy atom. The topological polar surface area (TPSA) is 72.6 Å². The number of carboxylic acids is 1. The molecule has 0 aliphatic carbocycles. The van der Waals surface area contributed by atoms with Crippen molar-refractivity contribution in [2.45, 2.75) is 11.5 Å². The van der Waals surface area contributed by atoms with Crippen LogP contribution in [0.3, 0.4) is 0 Å². The Hall–Kier alpha value is -1.17. The van der Waals surface area contributed by atoms with E-state index in [2.05, 4.69) is 0 Å². The minimum absolute atomic E-state index is 0.0811. The molecule has 1 saturated heterocycles. The van der Waals surface area contributed by atoms with Gasteiger partial charge in [-0.2, -0.15) is 0 Å². The number of nitrogens with two attached hydrogens (primary N) is 1. The third kappa shape index (κ3) is 1.90. The van der Waals surface area contributed by atoms with Gasteiger partial charge in [0, 0.05) is 10.6 Å². The van der Waals surface area contributed by atoms with Crippen molar-refractivity contribution in [3.05, 3.63) is 34.6 Å². The number of carbonyl (C=O) groups is 1. The molecule has 0 amide bonds. The van der Waals surface area contributed by atoms with Gasteiger partial charge in [-0.3, -0.25) is 4.79 Å². The zero-order chi connectivity index (χ0) is 12.6. The summed E-state index contributed by atoms with van der Waals surface area (Å²) in [6.07, 6.45) is 0. The molecule has 1 aliphatic heterocycles. The SMILES string of the molecule is NC(C(=O)O)C1(c2cc(Cl)ccc2F)COC1. The molecular weight excluding hydrogens is 249 g/mol. The highest BCUT2D eigenvalue weighted by molar-refractivity contribution is 6.30. The highest BCUT2D eigenvalue weighted by Gasteiger charge is 2.50. The van der Waals surface area contributed by atoms with E-state index in [4.69, 9.17) is 27.2 Å². The van der Waals surface area contributed by atoms with Gasteiger partial charge in [-0.05, 0) is 18.2 Å². The van der Waals surface area contributed by atoms with Gasteiger partial charge < -0.3 is 15.6 Å². The summed E-state index contributed by atoms with van der Waals surface area (Å²) in [6.45, 7) is 0.162. The predicted octanol–water partition coefficient (Wildman–Crippen LogP) is 1.16. The number of rotatable bonds is 3. The molecule has 92 valence electrons. The summed E-state index contributed by atoms with van der Waals surface area (Å²) in [6, 6.07) is 2.79. The molecule has 0 spiro atoms. The van der Waals surface area contributed by atoms with Gasteiger partial charge in [-0.25, -0.2) is 4.39 Å². The van der Waals surface area contributed by atoms with Crippen LogP contribution in [0.1, 0.15) is 5.56 Å². The van der Waals surface area contributed by atoms with Crippen molar-refractivity contribution < 1.29 is 19.0 Å². The lowest BCUT2D eigenvalue weighted by Gasteiger charge is -2.44. The van der Waals surface area contributed by atoms with Gasteiger partial charge in [0.25, 0.3) is 0 Å². The van der Waals surface area contributed by atoms with E-state index < -0.39 is 23.2 Å². The lowest BCUT2D eigenvalue weighted by Crippen LogP contribution is -2.62. The smallest absolute Gasteiger partial charge is 0.321 e. The lowest BCUT2D eigenvalue weighted by atomic mass is 9.72. The van der Waals surface area contributed by atoms with Crippen LogP contribution < -0.4 is 5.73 Å². The first-order valence-electron chi connectivity index (χ1n) is 4.99. The second-order valence-electron chi connectivity index (χ2n) is 4.09. The van der Waals surface area contributed by atoms with Gasteiger partial charge in [0.1, 0.15) is 11.9 Å². The number of hydrogen-bond acceptors (Lipinski definition) is 3. The van der Waals surface area contributed by atoms with Crippen molar-refractivity contribution in [2.24, 2.45) is 5.73 Å². The van der Waals surface area contributed by atoms with Crippen molar-refractivity contribution >= 4 is 17.6 Å². The first kappa shape index (κ1) is 12.3. The van der Waals surface area contributed by atoms with Crippen LogP contribution in [0.4, 0.5) is 4.39 Å². The van der Waals surface area contributed by atoms with Crippen molar-refractivity contribution in [3.63, 3.8) is 0 Å². The minimum atomic E-state index is -1.22. The number of ether oxygens (including phenoxy) is 1. The second-order valence-corrected chi connectivity index (χ2v) is 4.53. The number of benzene rings is 1. The van der Waals surface area contributed by atoms with Crippen LogP contribution in [-0.4, -0.2) is 30.3 Å². The third-order valence-electron chi connectivity index (χ3n) is 3.05. The first-order valence-corrected chi connectivity index (χ1v) is 5.37. The van der Waals surface area contributed by atoms with Crippen molar-refractivity contribution in [1.82, 2.24) is 0 Å². The molecule has 4 nitrogen and oxygen atoms in total. The Labute approximate surface area is 102 Å². The van der Waals surface area contributed by atoms with Crippen LogP contribution in [-0.2, 0) is 14.9 Å². The molecule has 1 atom stereocenters. The number of aliphatic carboxylic acids is 1. The van der Waals surface area contributed by atoms with E-state index >= 15 is 0 Å². The van der Waals surface area contributed by atoms with Gasteiger partial charge in [0.2, 0.25) is 0 Å². The van der Waals surface area contributed by atoms with E-state index in [-0.39, 0.29) is 18.8 Å². The van der Waals surface area contributed by atoms with E-state index in [0.29, 0.717) is 5.02 Å². The third-order valence-corrected chi connectivity index (χ3v) is 3.28. The maximum absolute atomic E-state index is 13.7. The molecule has 1 aliphatic rings. The summed E-state index contributed by atoms with van der Waals surface area (Å²) in [5, 5.41) is 9.31. The van der Waals surface area contributed by atoms with E-state index in [9.17, 15) is 9.18 Å². The second kappa shape index (κ2) is 4.25. The fraction of sp³-hybridized carbons (Fsp3) is 0.364. The van der Waals surface area contributed by atoms with Crippen molar-refractivity contribution in [3.8, 4) is 0 Å². The van der Waals surface area contributed by atoms with Crippen LogP contribution in [0.2, 0.25) is 5.02 Å². The van der Waals surface area contributed by atoms with Crippen molar-refractivity contribution in [1.29, 1.82) is 0 Å². The molecule has 1 fully saturated rings. The summed E-state index contributed by atoms with van der Waals surface area (Å²) < 4.78 is 18.8. The van der Waals surface area contributed by atoms with Crippen LogP contribution in [0.25, 0.3) is 0 Å². The lowest BCUT2D eigenvalue weighted by molar-refractivity contribution is -0.149. The van der Waals surface area contributed by atoms with E-state index in [1.807, 2.05) is 0 Å². The summed E-state index contributed by atoms with van der Waals surface area (Å²) in [4.78, 5) is 11.0. The van der Waals surface area contributed by atoms with Gasteiger partial charge in [-0.1, -0.05) is 11.6 Å². The Morgan fingerprint density at radius 3 is 2.71 bits per heavy atom. The normalized spacial score (nSPS) is 19.5. The largest absolute Gasteiger partial charge is 0.480 e. The first-order chi connectivity index (χ1) is 7.97. The molecule has 0 radical (unpaired) electrons. The van der Waals surface area contributed by atoms with E-state index in [0.717, 1.165) is 0 Å². The molecule has 1 aromatic carbocycles. The average molecular weight is 260 g/mol. The van der Waals surface area contributed by atoms with E-state index in [1.165, 1.54) is 18.2 Å². The Morgan fingerprint density at radius 1 is 1.59 bits per heavy atom. The summed E-state index contributed by atoms with van der Waals surface area (Å²) in [5.41, 5.74) is 4.79. The van der Waals surface area contributed by atoms with Gasteiger partial charge in [-0.15, -0.1) is 0 Å². The number of halogens is 2. The minimum Gasteiger partial charge on any atom is -0.480 e. The maximum Gasteiger partial charge on any atom is 0.321 e. The predicted molar refractivity (Wildman–Crippen MR) is 59.5 cm³/mol. The number of hydrogen-bond donors (Lipinski definition) is 2. The van der Waals surface area contributed by atoms with Crippen LogP contribution in [0.15, 0.2) is 18.2 Å².